The van der Waals surface area contributed by atoms with Crippen molar-refractivity contribution in [3.8, 4) is 0 Å². The Hall–Kier alpha value is -2.92. The van der Waals surface area contributed by atoms with Crippen molar-refractivity contribution in [2.75, 3.05) is 13.2 Å². The van der Waals surface area contributed by atoms with E-state index >= 15 is 0 Å². The third-order valence-electron chi connectivity index (χ3n) is 5.86. The predicted octanol–water partition coefficient (Wildman–Crippen LogP) is 4.64. The summed E-state index contributed by atoms with van der Waals surface area (Å²) in [6.45, 7) is 2.76. The van der Waals surface area contributed by atoms with Gasteiger partial charge in [-0.05, 0) is 44.2 Å². The first-order valence-electron chi connectivity index (χ1n) is 11.7. The summed E-state index contributed by atoms with van der Waals surface area (Å²) < 4.78 is 83.0. The molecule has 0 saturated carbocycles. The molecule has 0 amide bonds. The lowest BCUT2D eigenvalue weighted by Crippen LogP contribution is -2.48. The van der Waals surface area contributed by atoms with Crippen molar-refractivity contribution in [2.45, 2.75) is 28.9 Å². The summed E-state index contributed by atoms with van der Waals surface area (Å²) >= 11 is 0. The average Bonchev–Trinajstić information content (AvgIpc) is 2.91. The molecule has 3 aromatic rings. The lowest BCUT2D eigenvalue weighted by Gasteiger charge is -2.40. The number of ketones is 1. The second kappa shape index (κ2) is 10.7. The number of sulfonamides is 1. The van der Waals surface area contributed by atoms with Gasteiger partial charge in [0.2, 0.25) is 25.6 Å². The molecule has 0 radical (unpaired) electrons. The summed E-state index contributed by atoms with van der Waals surface area (Å²) in [6.07, 6.45) is 0.868. The van der Waals surface area contributed by atoms with E-state index in [0.29, 0.717) is 0 Å². The molecule has 1 N–H and O–H groups in total. The van der Waals surface area contributed by atoms with Crippen molar-refractivity contribution in [1.29, 1.82) is 0 Å². The van der Waals surface area contributed by atoms with E-state index < -0.39 is 43.4 Å². The molecular weight excluding hydrogens is 549 g/mol. The second-order valence-corrected chi connectivity index (χ2v) is 14.0. The van der Waals surface area contributed by atoms with E-state index in [2.05, 4.69) is 4.72 Å². The number of sulfone groups is 1. The lowest BCUT2D eigenvalue weighted by atomic mass is 9.92. The van der Waals surface area contributed by atoms with Crippen molar-refractivity contribution in [2.24, 2.45) is 0 Å². The van der Waals surface area contributed by atoms with Crippen molar-refractivity contribution in [3.05, 3.63) is 107 Å². The van der Waals surface area contributed by atoms with E-state index in [1.54, 1.807) is 12.1 Å². The fourth-order valence-electron chi connectivity index (χ4n) is 4.22. The number of fused-ring (bicyclic) bond motifs is 1. The van der Waals surface area contributed by atoms with Crippen LogP contribution >= 0.6 is 7.60 Å². The van der Waals surface area contributed by atoms with Crippen LogP contribution in [0.4, 0.5) is 0 Å². The smallest absolute Gasteiger partial charge is 0.307 e. The maximum atomic E-state index is 14.6. The zero-order valence-electron chi connectivity index (χ0n) is 20.6. The minimum Gasteiger partial charge on any atom is -0.307 e. The number of hydrogen-bond acceptors (Lipinski definition) is 8. The third-order valence-corrected chi connectivity index (χ3v) is 11.8. The van der Waals surface area contributed by atoms with Gasteiger partial charge in [0.05, 0.1) is 23.0 Å². The largest absolute Gasteiger partial charge is 0.360 e. The molecule has 0 aliphatic heterocycles. The highest BCUT2D eigenvalue weighted by molar-refractivity contribution is 7.96. The summed E-state index contributed by atoms with van der Waals surface area (Å²) in [4.78, 5) is 12.5. The summed E-state index contributed by atoms with van der Waals surface area (Å²) in [5, 5.41) is -2.39. The molecule has 4 rings (SSSR count). The van der Waals surface area contributed by atoms with Gasteiger partial charge in [-0.2, -0.15) is 4.72 Å². The predicted molar refractivity (Wildman–Crippen MR) is 142 cm³/mol. The van der Waals surface area contributed by atoms with Gasteiger partial charge in [0.1, 0.15) is 4.91 Å². The molecule has 12 heteroatoms. The molecule has 1 atom stereocenters. The van der Waals surface area contributed by atoms with Gasteiger partial charge in [-0.1, -0.05) is 60.7 Å². The Morgan fingerprint density at radius 1 is 0.763 bits per heavy atom. The monoisotopic (exact) mass is 575 g/mol. The highest BCUT2D eigenvalue weighted by Gasteiger charge is 2.58. The van der Waals surface area contributed by atoms with Gasteiger partial charge in [0, 0.05) is 11.1 Å². The van der Waals surface area contributed by atoms with Crippen LogP contribution < -0.4 is 4.72 Å². The Kier molecular flexibility index (Phi) is 7.90. The number of hydrogen-bond donors (Lipinski definition) is 1. The van der Waals surface area contributed by atoms with Gasteiger partial charge in [-0.3, -0.25) is 9.36 Å². The van der Waals surface area contributed by atoms with E-state index in [1.165, 1.54) is 86.6 Å². The number of benzene rings is 3. The Labute approximate surface area is 222 Å². The molecule has 0 heterocycles. The molecule has 200 valence electrons. The fourth-order valence-corrected chi connectivity index (χ4v) is 9.72. The van der Waals surface area contributed by atoms with E-state index in [0.717, 1.165) is 6.08 Å². The molecule has 38 heavy (non-hydrogen) atoms. The molecule has 0 fully saturated rings. The highest BCUT2D eigenvalue weighted by Crippen LogP contribution is 2.66. The first-order valence-corrected chi connectivity index (χ1v) is 16.2. The highest BCUT2D eigenvalue weighted by atomic mass is 32.2. The number of carbonyl (C=O) groups excluding carboxylic acids is 1. The molecule has 0 aromatic heterocycles. The van der Waals surface area contributed by atoms with Crippen LogP contribution in [0.2, 0.25) is 0 Å². The first kappa shape index (κ1) is 28.1. The minimum atomic E-state index is -4.58. The SMILES string of the molecule is CCOP(=O)(OCC)C1(NS(=O)(=O)c2ccccc2)C=C(S(=O)(=O)c2ccccc2)C(=O)c2ccccc21. The zero-order chi connectivity index (χ0) is 27.6. The van der Waals surface area contributed by atoms with Crippen molar-refractivity contribution < 1.29 is 35.2 Å². The molecular formula is C26H26NO8PS2. The summed E-state index contributed by atoms with van der Waals surface area (Å²) in [6, 6.07) is 20.3. The number of nitrogens with one attached hydrogen (secondary N) is 1. The van der Waals surface area contributed by atoms with Crippen molar-refractivity contribution in [1.82, 2.24) is 4.72 Å². The molecule has 1 aliphatic rings. The first-order chi connectivity index (χ1) is 18.0. The van der Waals surface area contributed by atoms with Crippen LogP contribution in [0.15, 0.2) is 106 Å². The molecule has 9 nitrogen and oxygen atoms in total. The number of rotatable bonds is 10. The maximum absolute atomic E-state index is 14.6. The van der Waals surface area contributed by atoms with E-state index in [9.17, 15) is 26.2 Å². The zero-order valence-corrected chi connectivity index (χ0v) is 23.1. The van der Waals surface area contributed by atoms with Crippen LogP contribution in [0.1, 0.15) is 29.8 Å². The normalized spacial score (nSPS) is 18.1. The van der Waals surface area contributed by atoms with Gasteiger partial charge >= 0.3 is 7.60 Å². The lowest BCUT2D eigenvalue weighted by molar-refractivity contribution is 0.103. The van der Waals surface area contributed by atoms with Gasteiger partial charge in [0.25, 0.3) is 0 Å². The quantitative estimate of drug-likeness (QED) is 0.346. The van der Waals surface area contributed by atoms with E-state index in [4.69, 9.17) is 9.05 Å². The van der Waals surface area contributed by atoms with Crippen LogP contribution in [-0.4, -0.2) is 35.8 Å². The van der Waals surface area contributed by atoms with Gasteiger partial charge in [-0.25, -0.2) is 16.8 Å². The van der Waals surface area contributed by atoms with Crippen LogP contribution in [0, 0.1) is 0 Å². The Balaban J connectivity index is 2.11. The second-order valence-electron chi connectivity index (χ2n) is 8.22. The van der Waals surface area contributed by atoms with Crippen molar-refractivity contribution in [3.63, 3.8) is 0 Å². The fraction of sp³-hybridized carbons (Fsp3) is 0.192. The van der Waals surface area contributed by atoms with Gasteiger partial charge in [-0.15, -0.1) is 0 Å². The molecule has 3 aromatic carbocycles. The number of allylic oxidation sites excluding steroid dienone is 1. The molecule has 0 saturated heterocycles. The molecule has 1 aliphatic carbocycles. The third kappa shape index (κ3) is 4.82. The Bertz CT molecular complexity index is 1630. The Morgan fingerprint density at radius 3 is 1.82 bits per heavy atom. The number of carbonyl (C=O) groups is 1. The maximum Gasteiger partial charge on any atom is 0.360 e. The van der Waals surface area contributed by atoms with E-state index in [-0.39, 0.29) is 34.1 Å². The van der Waals surface area contributed by atoms with Crippen LogP contribution in [0.25, 0.3) is 0 Å². The number of Topliss-reactive ketones (excluding diaryl/α,β-unsaturated/α-hetero) is 1. The van der Waals surface area contributed by atoms with Crippen molar-refractivity contribution >= 4 is 33.2 Å². The summed E-state index contributed by atoms with van der Waals surface area (Å²) in [5.74, 6) is -0.876. The van der Waals surface area contributed by atoms with Gasteiger partial charge < -0.3 is 9.05 Å². The van der Waals surface area contributed by atoms with Crippen LogP contribution in [0.3, 0.4) is 0 Å². The van der Waals surface area contributed by atoms with Gasteiger partial charge in [0.15, 0.2) is 5.28 Å². The van der Waals surface area contributed by atoms with Crippen LogP contribution in [-0.2, 0) is 38.8 Å². The Morgan fingerprint density at radius 2 is 1.26 bits per heavy atom. The minimum absolute atomic E-state index is 0.0539. The average molecular weight is 576 g/mol. The molecule has 0 spiro atoms. The standard InChI is InChI=1S/C26H26NO8PS2/c1-3-34-36(29,35-4-2)26(27-38(32,33)21-15-9-6-10-16-21)19-24(25(28)22-17-11-12-18-23(22)26)37(30,31)20-13-7-5-8-14-20/h5-19,27H,3-4H2,1-2H3. The van der Waals surface area contributed by atoms with Crippen LogP contribution in [0.5, 0.6) is 0 Å². The van der Waals surface area contributed by atoms with E-state index in [1.807, 2.05) is 0 Å². The summed E-state index contributed by atoms with van der Waals surface area (Å²) in [5.41, 5.74) is -0.207. The summed E-state index contributed by atoms with van der Waals surface area (Å²) in [7, 11) is -13.5. The topological polar surface area (TPSA) is 133 Å². The molecule has 0 bridgehead atoms. The molecule has 1 unspecified atom stereocenters.